The van der Waals surface area contributed by atoms with Crippen LogP contribution in [0.25, 0.3) is 0 Å². The molecule has 0 fully saturated rings. The summed E-state index contributed by atoms with van der Waals surface area (Å²) in [5.41, 5.74) is -0.811. The van der Waals surface area contributed by atoms with Crippen LogP contribution in [0.3, 0.4) is 0 Å². The average molecular weight is 250 g/mol. The predicted molar refractivity (Wildman–Crippen MR) is 58.6 cm³/mol. The van der Waals surface area contributed by atoms with E-state index in [0.29, 0.717) is 19.2 Å². The molecule has 96 valence electrons. The second-order valence-corrected chi connectivity index (χ2v) is 3.69. The number of hydrogen-bond donors (Lipinski definition) is 1. The molecule has 0 aliphatic heterocycles. The normalized spacial score (nSPS) is 11.6. The molecule has 17 heavy (non-hydrogen) atoms. The van der Waals surface area contributed by atoms with Gasteiger partial charge in [0.1, 0.15) is 5.82 Å². The van der Waals surface area contributed by atoms with Crippen molar-refractivity contribution in [2.24, 2.45) is 0 Å². The van der Waals surface area contributed by atoms with Crippen LogP contribution in [-0.2, 0) is 6.18 Å². The minimum Gasteiger partial charge on any atom is -0.371 e. The first-order valence-corrected chi connectivity index (χ1v) is 5.08. The summed E-state index contributed by atoms with van der Waals surface area (Å²) >= 11 is 0. The monoisotopic (exact) mass is 250 g/mol. The number of rotatable bonds is 4. The fraction of sp³-hybridized carbons (Fsp3) is 0.455. The lowest BCUT2D eigenvalue weighted by Crippen LogP contribution is -2.27. The Balaban J connectivity index is 2.90. The standard InChI is InChI=1S/C11H14F4N2/c1-16-5-6-17(2)10-4-3-8(7-9(10)12)11(13,14)15/h3-4,7,16H,5-6H2,1-2H3. The summed E-state index contributed by atoms with van der Waals surface area (Å²) in [5.74, 6) is -0.863. The molecule has 0 radical (unpaired) electrons. The average Bonchev–Trinajstić information content (AvgIpc) is 2.24. The van der Waals surface area contributed by atoms with Crippen LogP contribution in [0.2, 0.25) is 0 Å². The highest BCUT2D eigenvalue weighted by Gasteiger charge is 2.31. The summed E-state index contributed by atoms with van der Waals surface area (Å²) in [7, 11) is 3.37. The highest BCUT2D eigenvalue weighted by atomic mass is 19.4. The fourth-order valence-corrected chi connectivity index (χ4v) is 1.39. The number of nitrogens with zero attached hydrogens (tertiary/aromatic N) is 1. The first-order valence-electron chi connectivity index (χ1n) is 5.08. The van der Waals surface area contributed by atoms with Crippen molar-refractivity contribution in [3.63, 3.8) is 0 Å². The SMILES string of the molecule is CNCCN(C)c1ccc(C(F)(F)F)cc1F. The summed E-state index contributed by atoms with van der Waals surface area (Å²) in [6.45, 7) is 1.13. The molecule has 0 unspecified atom stereocenters. The molecule has 0 saturated carbocycles. The fourth-order valence-electron chi connectivity index (χ4n) is 1.39. The highest BCUT2D eigenvalue weighted by molar-refractivity contribution is 5.48. The number of alkyl halides is 3. The lowest BCUT2D eigenvalue weighted by atomic mass is 10.2. The largest absolute Gasteiger partial charge is 0.416 e. The number of hydrogen-bond acceptors (Lipinski definition) is 2. The topological polar surface area (TPSA) is 15.3 Å². The lowest BCUT2D eigenvalue weighted by Gasteiger charge is -2.20. The van der Waals surface area contributed by atoms with E-state index in [-0.39, 0.29) is 5.69 Å². The number of likely N-dealkylation sites (N-methyl/N-ethyl adjacent to an activating group) is 2. The minimum absolute atomic E-state index is 0.160. The molecule has 1 aromatic rings. The van der Waals surface area contributed by atoms with E-state index in [1.54, 1.807) is 19.0 Å². The molecule has 0 aliphatic carbocycles. The Hall–Kier alpha value is -1.30. The van der Waals surface area contributed by atoms with Gasteiger partial charge >= 0.3 is 6.18 Å². The van der Waals surface area contributed by atoms with Crippen LogP contribution in [0, 0.1) is 5.82 Å². The van der Waals surface area contributed by atoms with E-state index in [9.17, 15) is 17.6 Å². The second kappa shape index (κ2) is 5.35. The summed E-state index contributed by atoms with van der Waals surface area (Å²) < 4.78 is 50.4. The van der Waals surface area contributed by atoms with E-state index in [4.69, 9.17) is 0 Å². The smallest absolute Gasteiger partial charge is 0.371 e. The van der Waals surface area contributed by atoms with Crippen LogP contribution < -0.4 is 10.2 Å². The third-order valence-electron chi connectivity index (χ3n) is 2.38. The van der Waals surface area contributed by atoms with E-state index < -0.39 is 17.6 Å². The van der Waals surface area contributed by atoms with Crippen molar-refractivity contribution in [1.29, 1.82) is 0 Å². The second-order valence-electron chi connectivity index (χ2n) is 3.69. The van der Waals surface area contributed by atoms with Crippen LogP contribution in [0.5, 0.6) is 0 Å². The molecular formula is C11H14F4N2. The molecule has 0 spiro atoms. The molecule has 6 heteroatoms. The molecule has 0 bridgehead atoms. The van der Waals surface area contributed by atoms with Gasteiger partial charge < -0.3 is 10.2 Å². The molecule has 0 atom stereocenters. The first kappa shape index (κ1) is 13.8. The summed E-state index contributed by atoms with van der Waals surface area (Å²) in [5, 5.41) is 2.88. The van der Waals surface area contributed by atoms with Gasteiger partial charge in [-0.15, -0.1) is 0 Å². The molecule has 2 nitrogen and oxygen atoms in total. The van der Waals surface area contributed by atoms with E-state index in [1.807, 2.05) is 0 Å². The number of benzene rings is 1. The number of anilines is 1. The Labute approximate surface area is 97.2 Å². The Morgan fingerprint density at radius 2 is 1.94 bits per heavy atom. The van der Waals surface area contributed by atoms with E-state index >= 15 is 0 Å². The molecule has 0 heterocycles. The van der Waals surface area contributed by atoms with Crippen molar-refractivity contribution in [3.05, 3.63) is 29.6 Å². The molecule has 0 saturated heterocycles. The number of halogens is 4. The van der Waals surface area contributed by atoms with Gasteiger partial charge in [0.25, 0.3) is 0 Å². The zero-order valence-electron chi connectivity index (χ0n) is 9.61. The third kappa shape index (κ3) is 3.59. The van der Waals surface area contributed by atoms with Crippen LogP contribution >= 0.6 is 0 Å². The Kier molecular flexibility index (Phi) is 4.34. The zero-order valence-corrected chi connectivity index (χ0v) is 9.61. The van der Waals surface area contributed by atoms with Gasteiger partial charge in [-0.05, 0) is 25.2 Å². The van der Waals surface area contributed by atoms with Crippen LogP contribution in [0.4, 0.5) is 23.2 Å². The third-order valence-corrected chi connectivity index (χ3v) is 2.38. The van der Waals surface area contributed by atoms with Crippen LogP contribution in [-0.4, -0.2) is 27.2 Å². The van der Waals surface area contributed by atoms with E-state index in [2.05, 4.69) is 5.32 Å². The zero-order chi connectivity index (χ0) is 13.1. The van der Waals surface area contributed by atoms with Gasteiger partial charge in [-0.1, -0.05) is 0 Å². The van der Waals surface area contributed by atoms with Crippen molar-refractivity contribution in [2.75, 3.05) is 32.1 Å². The van der Waals surface area contributed by atoms with Crippen molar-refractivity contribution < 1.29 is 17.6 Å². The molecule has 1 rings (SSSR count). The summed E-state index contributed by atoms with van der Waals surface area (Å²) in [6.07, 6.45) is -4.51. The maximum atomic E-state index is 13.5. The maximum absolute atomic E-state index is 13.5. The van der Waals surface area contributed by atoms with Crippen molar-refractivity contribution >= 4 is 5.69 Å². The van der Waals surface area contributed by atoms with Gasteiger partial charge in [-0.3, -0.25) is 0 Å². The van der Waals surface area contributed by atoms with Crippen molar-refractivity contribution in [2.45, 2.75) is 6.18 Å². The maximum Gasteiger partial charge on any atom is 0.416 e. The van der Waals surface area contributed by atoms with Gasteiger partial charge in [0.15, 0.2) is 0 Å². The molecule has 1 N–H and O–H groups in total. The predicted octanol–water partition coefficient (Wildman–Crippen LogP) is 2.50. The van der Waals surface area contributed by atoms with Gasteiger partial charge in [-0.2, -0.15) is 13.2 Å². The molecule has 0 aliphatic rings. The number of nitrogens with one attached hydrogen (secondary N) is 1. The quantitative estimate of drug-likeness (QED) is 0.826. The first-order chi connectivity index (χ1) is 7.86. The molecule has 0 aromatic heterocycles. The van der Waals surface area contributed by atoms with Gasteiger partial charge in [0, 0.05) is 20.1 Å². The van der Waals surface area contributed by atoms with Gasteiger partial charge in [0.05, 0.1) is 11.3 Å². The Morgan fingerprint density at radius 1 is 1.29 bits per heavy atom. The molecule has 1 aromatic carbocycles. The van der Waals surface area contributed by atoms with Gasteiger partial charge in [0.2, 0.25) is 0 Å². The summed E-state index contributed by atoms with van der Waals surface area (Å²) in [4.78, 5) is 1.56. The van der Waals surface area contributed by atoms with Crippen LogP contribution in [0.15, 0.2) is 18.2 Å². The van der Waals surface area contributed by atoms with Crippen molar-refractivity contribution in [1.82, 2.24) is 5.32 Å². The highest BCUT2D eigenvalue weighted by Crippen LogP contribution is 2.31. The summed E-state index contributed by atoms with van der Waals surface area (Å²) in [6, 6.07) is 2.55. The molecule has 0 amide bonds. The van der Waals surface area contributed by atoms with Crippen molar-refractivity contribution in [3.8, 4) is 0 Å². The molecular weight excluding hydrogens is 236 g/mol. The lowest BCUT2D eigenvalue weighted by molar-refractivity contribution is -0.137. The van der Waals surface area contributed by atoms with E-state index in [1.165, 1.54) is 0 Å². The van der Waals surface area contributed by atoms with E-state index in [0.717, 1.165) is 12.1 Å². The Bertz CT molecular complexity index is 376. The van der Waals surface area contributed by atoms with Gasteiger partial charge in [-0.25, -0.2) is 4.39 Å². The van der Waals surface area contributed by atoms with Crippen LogP contribution in [0.1, 0.15) is 5.56 Å². The Morgan fingerprint density at radius 3 is 2.41 bits per heavy atom. The minimum atomic E-state index is -4.51.